The number of carbonyl (C=O) groups is 2. The van der Waals surface area contributed by atoms with Gasteiger partial charge in [-0.05, 0) is 53.1 Å². The van der Waals surface area contributed by atoms with Crippen LogP contribution in [0, 0.1) is 0 Å². The van der Waals surface area contributed by atoms with E-state index in [0.29, 0.717) is 46.6 Å². The van der Waals surface area contributed by atoms with Gasteiger partial charge in [0.1, 0.15) is 0 Å². The van der Waals surface area contributed by atoms with Crippen molar-refractivity contribution in [2.24, 2.45) is 4.99 Å². The summed E-state index contributed by atoms with van der Waals surface area (Å²) in [4.78, 5) is 31.6. The Bertz CT molecular complexity index is 1370. The molecule has 1 heterocycles. The van der Waals surface area contributed by atoms with Crippen LogP contribution in [0.2, 0.25) is 0 Å². The van der Waals surface area contributed by atoms with Crippen LogP contribution in [0.1, 0.15) is 22.3 Å². The van der Waals surface area contributed by atoms with Gasteiger partial charge in [0.2, 0.25) is 0 Å². The number of carbonyl (C=O) groups excluding carboxylic acids is 1. The van der Waals surface area contributed by atoms with Gasteiger partial charge in [-0.3, -0.25) is 14.7 Å². The standard InChI is InChI=1S/C30H28N2O5S/c1-3-10-24-15-23(16-25(36-2)28(24)37-20-27(33)34)17-26-29(35)32(19-22-13-8-5-9-14-22)30(38-26)31-18-21-11-6-4-7-12-21/h3-9,11-17H,1,10,18-20H2,2H3,(H,33,34)/b26-17-,31-30?. The van der Waals surface area contributed by atoms with Crippen molar-refractivity contribution in [3.8, 4) is 11.5 Å². The van der Waals surface area contributed by atoms with Gasteiger partial charge in [-0.1, -0.05) is 66.7 Å². The highest BCUT2D eigenvalue weighted by molar-refractivity contribution is 8.18. The van der Waals surface area contributed by atoms with E-state index in [-0.39, 0.29) is 5.91 Å². The number of carboxylic acid groups (broad SMARTS) is 1. The number of hydrogen-bond acceptors (Lipinski definition) is 6. The highest BCUT2D eigenvalue weighted by Gasteiger charge is 2.33. The molecule has 3 aromatic carbocycles. The van der Waals surface area contributed by atoms with Crippen molar-refractivity contribution in [1.82, 2.24) is 4.90 Å². The second-order valence-corrected chi connectivity index (χ2v) is 9.47. The number of aliphatic imine (C=N–C) groups is 1. The first-order chi connectivity index (χ1) is 18.5. The molecule has 0 saturated carbocycles. The lowest BCUT2D eigenvalue weighted by molar-refractivity contribution is -0.139. The molecule has 0 aliphatic carbocycles. The first-order valence-electron chi connectivity index (χ1n) is 12.0. The Morgan fingerprint density at radius 3 is 2.39 bits per heavy atom. The summed E-state index contributed by atoms with van der Waals surface area (Å²) in [6.45, 7) is 4.16. The van der Waals surface area contributed by atoms with Gasteiger partial charge in [-0.2, -0.15) is 0 Å². The number of carboxylic acids is 1. The monoisotopic (exact) mass is 528 g/mol. The zero-order chi connectivity index (χ0) is 26.9. The van der Waals surface area contributed by atoms with Crippen LogP contribution in [0.5, 0.6) is 11.5 Å². The summed E-state index contributed by atoms with van der Waals surface area (Å²) in [6, 6.07) is 23.3. The number of hydrogen-bond donors (Lipinski definition) is 1. The highest BCUT2D eigenvalue weighted by Crippen LogP contribution is 2.38. The molecule has 1 aliphatic heterocycles. The van der Waals surface area contributed by atoms with Crippen molar-refractivity contribution in [1.29, 1.82) is 0 Å². The fourth-order valence-electron chi connectivity index (χ4n) is 3.95. The highest BCUT2D eigenvalue weighted by atomic mass is 32.2. The summed E-state index contributed by atoms with van der Waals surface area (Å²) in [5.74, 6) is -0.497. The molecule has 38 heavy (non-hydrogen) atoms. The van der Waals surface area contributed by atoms with E-state index in [1.807, 2.05) is 66.7 Å². The van der Waals surface area contributed by atoms with Crippen LogP contribution in [0.4, 0.5) is 0 Å². The zero-order valence-corrected chi connectivity index (χ0v) is 21.8. The van der Waals surface area contributed by atoms with Crippen molar-refractivity contribution in [2.45, 2.75) is 19.5 Å². The molecule has 3 aromatic rings. The Kier molecular flexibility index (Phi) is 9.00. The molecule has 0 aromatic heterocycles. The molecule has 8 heteroatoms. The van der Waals surface area contributed by atoms with Gasteiger partial charge >= 0.3 is 5.97 Å². The minimum absolute atomic E-state index is 0.138. The molecule has 1 aliphatic rings. The fraction of sp³-hybridized carbons (Fsp3) is 0.167. The summed E-state index contributed by atoms with van der Waals surface area (Å²) >= 11 is 1.33. The number of benzene rings is 3. The van der Waals surface area contributed by atoms with E-state index in [1.54, 1.807) is 23.1 Å². The fourth-order valence-corrected chi connectivity index (χ4v) is 4.92. The van der Waals surface area contributed by atoms with Crippen LogP contribution in [-0.4, -0.2) is 40.8 Å². The lowest BCUT2D eigenvalue weighted by atomic mass is 10.0. The van der Waals surface area contributed by atoms with Crippen LogP contribution in [0.3, 0.4) is 0 Å². The van der Waals surface area contributed by atoms with Gasteiger partial charge in [0, 0.05) is 5.56 Å². The number of nitrogens with zero attached hydrogens (tertiary/aromatic N) is 2. The van der Waals surface area contributed by atoms with Crippen molar-refractivity contribution < 1.29 is 24.2 Å². The Labute approximate surface area is 226 Å². The predicted octanol–water partition coefficient (Wildman–Crippen LogP) is 5.56. The Hall–Kier alpha value is -4.30. The molecule has 0 atom stereocenters. The zero-order valence-electron chi connectivity index (χ0n) is 21.0. The van der Waals surface area contributed by atoms with E-state index in [9.17, 15) is 9.59 Å². The molecular formula is C30H28N2O5S. The van der Waals surface area contributed by atoms with Crippen LogP contribution in [-0.2, 0) is 29.1 Å². The van der Waals surface area contributed by atoms with Crippen molar-refractivity contribution in [3.63, 3.8) is 0 Å². The summed E-state index contributed by atoms with van der Waals surface area (Å²) in [5.41, 5.74) is 3.49. The Morgan fingerprint density at radius 1 is 1.08 bits per heavy atom. The number of aliphatic carboxylic acids is 1. The van der Waals surface area contributed by atoms with Gasteiger partial charge in [0.25, 0.3) is 5.91 Å². The third kappa shape index (κ3) is 6.72. The molecule has 0 spiro atoms. The number of amidine groups is 1. The quantitative estimate of drug-likeness (QED) is 0.259. The second kappa shape index (κ2) is 12.8. The molecule has 1 saturated heterocycles. The topological polar surface area (TPSA) is 88.4 Å². The third-order valence-corrected chi connectivity index (χ3v) is 6.73. The van der Waals surface area contributed by atoms with Crippen LogP contribution in [0.15, 0.2) is 95.3 Å². The molecule has 1 amide bonds. The number of amides is 1. The summed E-state index contributed by atoms with van der Waals surface area (Å²) < 4.78 is 11.0. The number of rotatable bonds is 11. The summed E-state index contributed by atoms with van der Waals surface area (Å²) in [5, 5.41) is 9.69. The van der Waals surface area contributed by atoms with E-state index < -0.39 is 12.6 Å². The molecular weight excluding hydrogens is 500 g/mol. The molecule has 0 unspecified atom stereocenters. The van der Waals surface area contributed by atoms with Gasteiger partial charge < -0.3 is 14.6 Å². The van der Waals surface area contributed by atoms with Gasteiger partial charge in [0.15, 0.2) is 23.3 Å². The first kappa shape index (κ1) is 26.8. The largest absolute Gasteiger partial charge is 0.493 e. The van der Waals surface area contributed by atoms with Gasteiger partial charge in [0.05, 0.1) is 25.1 Å². The first-order valence-corrected chi connectivity index (χ1v) is 12.8. The van der Waals surface area contributed by atoms with E-state index in [4.69, 9.17) is 19.6 Å². The lowest BCUT2D eigenvalue weighted by Gasteiger charge is -2.16. The van der Waals surface area contributed by atoms with Gasteiger partial charge in [-0.15, -0.1) is 6.58 Å². The molecule has 4 rings (SSSR count). The number of thioether (sulfide) groups is 1. The van der Waals surface area contributed by atoms with E-state index >= 15 is 0 Å². The van der Waals surface area contributed by atoms with Crippen LogP contribution < -0.4 is 9.47 Å². The maximum atomic E-state index is 13.6. The molecule has 1 N–H and O–H groups in total. The molecule has 0 radical (unpaired) electrons. The minimum Gasteiger partial charge on any atom is -0.493 e. The SMILES string of the molecule is C=CCc1cc(/C=C2\SC(=NCc3ccccc3)N(Cc3ccccc3)C2=O)cc(OC)c1OCC(=O)O. The molecule has 0 bridgehead atoms. The lowest BCUT2D eigenvalue weighted by Crippen LogP contribution is -2.28. The second-order valence-electron chi connectivity index (χ2n) is 8.46. The van der Waals surface area contributed by atoms with E-state index in [2.05, 4.69) is 6.58 Å². The number of ether oxygens (including phenoxy) is 2. The average molecular weight is 529 g/mol. The number of methoxy groups -OCH3 is 1. The van der Waals surface area contributed by atoms with Crippen LogP contribution in [0.25, 0.3) is 6.08 Å². The van der Waals surface area contributed by atoms with Crippen molar-refractivity contribution in [2.75, 3.05) is 13.7 Å². The Balaban J connectivity index is 1.68. The van der Waals surface area contributed by atoms with Crippen molar-refractivity contribution >= 4 is 34.9 Å². The Morgan fingerprint density at radius 2 is 1.76 bits per heavy atom. The van der Waals surface area contributed by atoms with E-state index in [1.165, 1.54) is 18.9 Å². The summed E-state index contributed by atoms with van der Waals surface area (Å²) in [7, 11) is 1.49. The average Bonchev–Trinajstić information content (AvgIpc) is 3.21. The maximum absolute atomic E-state index is 13.6. The smallest absolute Gasteiger partial charge is 0.341 e. The predicted molar refractivity (Wildman–Crippen MR) is 150 cm³/mol. The maximum Gasteiger partial charge on any atom is 0.341 e. The van der Waals surface area contributed by atoms with E-state index in [0.717, 1.165) is 16.7 Å². The van der Waals surface area contributed by atoms with Gasteiger partial charge in [-0.25, -0.2) is 4.79 Å². The number of allylic oxidation sites excluding steroid dienone is 1. The minimum atomic E-state index is -1.09. The molecule has 7 nitrogen and oxygen atoms in total. The normalized spacial score (nSPS) is 15.2. The van der Waals surface area contributed by atoms with Crippen LogP contribution >= 0.6 is 11.8 Å². The van der Waals surface area contributed by atoms with Crippen molar-refractivity contribution in [3.05, 3.63) is 113 Å². The summed E-state index contributed by atoms with van der Waals surface area (Å²) in [6.07, 6.45) is 3.93. The third-order valence-electron chi connectivity index (χ3n) is 5.69. The molecule has 1 fully saturated rings. The molecule has 194 valence electrons.